The molecule has 0 saturated heterocycles. The average molecular weight is 389 g/mol. The molecule has 0 saturated carbocycles. The van der Waals surface area contributed by atoms with Crippen LogP contribution in [0.25, 0.3) is 22.0 Å². The van der Waals surface area contributed by atoms with E-state index in [-0.39, 0.29) is 6.61 Å². The van der Waals surface area contributed by atoms with Crippen LogP contribution in [0.15, 0.2) is 72.4 Å². The highest BCUT2D eigenvalue weighted by atomic mass is 32.1. The van der Waals surface area contributed by atoms with E-state index >= 15 is 0 Å². The predicted octanol–water partition coefficient (Wildman–Crippen LogP) is 4.15. The molecule has 7 heteroatoms. The molecule has 4 rings (SSSR count). The summed E-state index contributed by atoms with van der Waals surface area (Å²) >= 11 is 1.32. The molecule has 1 amide bonds. The van der Waals surface area contributed by atoms with Crippen molar-refractivity contribution in [1.29, 1.82) is 0 Å². The summed E-state index contributed by atoms with van der Waals surface area (Å²) in [6, 6.07) is 17.2. The van der Waals surface area contributed by atoms with Crippen molar-refractivity contribution in [2.75, 3.05) is 11.9 Å². The first-order chi connectivity index (χ1) is 13.7. The third-order valence-corrected chi connectivity index (χ3v) is 4.80. The quantitative estimate of drug-likeness (QED) is 0.519. The van der Waals surface area contributed by atoms with E-state index in [1.165, 1.54) is 35.9 Å². The fourth-order valence-corrected chi connectivity index (χ4v) is 3.41. The van der Waals surface area contributed by atoms with Gasteiger partial charge in [0.05, 0.1) is 11.3 Å². The minimum Gasteiger partial charge on any atom is -0.452 e. The number of thiazole rings is 1. The predicted molar refractivity (Wildman–Crippen MR) is 108 cm³/mol. The van der Waals surface area contributed by atoms with Gasteiger partial charge in [0.1, 0.15) is 0 Å². The van der Waals surface area contributed by atoms with Gasteiger partial charge in [-0.15, -0.1) is 11.3 Å². The highest BCUT2D eigenvalue weighted by Gasteiger charge is 2.12. The van der Waals surface area contributed by atoms with Gasteiger partial charge >= 0.3 is 5.97 Å². The first-order valence-corrected chi connectivity index (χ1v) is 9.39. The number of hydrogen-bond donors (Lipinski definition) is 1. The van der Waals surface area contributed by atoms with E-state index < -0.39 is 11.9 Å². The van der Waals surface area contributed by atoms with Crippen LogP contribution in [0.5, 0.6) is 0 Å². The molecule has 0 atom stereocenters. The van der Waals surface area contributed by atoms with Crippen LogP contribution in [0.2, 0.25) is 0 Å². The van der Waals surface area contributed by atoms with E-state index in [0.717, 1.165) is 22.0 Å². The zero-order chi connectivity index (χ0) is 19.3. The van der Waals surface area contributed by atoms with Gasteiger partial charge < -0.3 is 4.74 Å². The summed E-state index contributed by atoms with van der Waals surface area (Å²) in [5.74, 6) is -1.02. The molecule has 0 aliphatic rings. The maximum Gasteiger partial charge on any atom is 0.338 e. The Morgan fingerprint density at radius 3 is 2.61 bits per heavy atom. The topological polar surface area (TPSA) is 81.2 Å². The molecule has 2 aromatic carbocycles. The first kappa shape index (κ1) is 17.8. The summed E-state index contributed by atoms with van der Waals surface area (Å²) in [5, 5.41) is 7.27. The maximum absolute atomic E-state index is 12.0. The monoisotopic (exact) mass is 389 g/mol. The number of benzene rings is 2. The minimum atomic E-state index is -0.575. The standard InChI is InChI=1S/C21H15N3O3S/c25-19(12-27-20(26)15-7-9-22-10-8-15)24-21-23-18(13-28-21)17-6-5-14-3-1-2-4-16(14)11-17/h1-11,13H,12H2,(H,23,24,25). The molecular weight excluding hydrogens is 374 g/mol. The van der Waals surface area contributed by atoms with Crippen LogP contribution in [-0.2, 0) is 9.53 Å². The Kier molecular flexibility index (Phi) is 5.07. The molecule has 0 aliphatic carbocycles. The van der Waals surface area contributed by atoms with Crippen molar-refractivity contribution in [2.24, 2.45) is 0 Å². The van der Waals surface area contributed by atoms with E-state index in [1.807, 2.05) is 35.7 Å². The summed E-state index contributed by atoms with van der Waals surface area (Å²) in [6.07, 6.45) is 2.97. The molecule has 28 heavy (non-hydrogen) atoms. The Bertz CT molecular complexity index is 1140. The Morgan fingerprint density at radius 1 is 1.00 bits per heavy atom. The van der Waals surface area contributed by atoms with Gasteiger partial charge in [-0.3, -0.25) is 15.1 Å². The molecule has 2 heterocycles. The molecule has 0 fully saturated rings. The van der Waals surface area contributed by atoms with Crippen LogP contribution in [0.4, 0.5) is 5.13 Å². The Hall–Kier alpha value is -3.58. The lowest BCUT2D eigenvalue weighted by atomic mass is 10.1. The lowest BCUT2D eigenvalue weighted by Crippen LogP contribution is -2.20. The molecule has 1 N–H and O–H groups in total. The first-order valence-electron chi connectivity index (χ1n) is 8.51. The summed E-state index contributed by atoms with van der Waals surface area (Å²) in [7, 11) is 0. The number of carbonyl (C=O) groups excluding carboxylic acids is 2. The third-order valence-electron chi connectivity index (χ3n) is 4.05. The lowest BCUT2D eigenvalue weighted by Gasteiger charge is -2.04. The number of nitrogens with one attached hydrogen (secondary N) is 1. The van der Waals surface area contributed by atoms with Crippen molar-refractivity contribution >= 4 is 39.1 Å². The number of nitrogens with zero attached hydrogens (tertiary/aromatic N) is 2. The highest BCUT2D eigenvalue weighted by Crippen LogP contribution is 2.27. The number of ether oxygens (including phenoxy) is 1. The zero-order valence-corrected chi connectivity index (χ0v) is 15.5. The second kappa shape index (κ2) is 7.98. The van der Waals surface area contributed by atoms with Gasteiger partial charge in [0.2, 0.25) is 0 Å². The van der Waals surface area contributed by atoms with Crippen LogP contribution in [0.3, 0.4) is 0 Å². The summed E-state index contributed by atoms with van der Waals surface area (Å²) in [4.78, 5) is 32.2. The number of carbonyl (C=O) groups is 2. The fourth-order valence-electron chi connectivity index (χ4n) is 2.67. The second-order valence-corrected chi connectivity index (χ2v) is 6.82. The number of amides is 1. The smallest absolute Gasteiger partial charge is 0.338 e. The number of anilines is 1. The third kappa shape index (κ3) is 4.05. The Morgan fingerprint density at radius 2 is 1.79 bits per heavy atom. The molecule has 0 unspecified atom stereocenters. The molecule has 2 aromatic heterocycles. The molecule has 138 valence electrons. The molecule has 0 bridgehead atoms. The van der Waals surface area contributed by atoms with Gasteiger partial charge in [-0.1, -0.05) is 36.4 Å². The maximum atomic E-state index is 12.0. The van der Waals surface area contributed by atoms with Gasteiger partial charge in [-0.05, 0) is 29.0 Å². The van der Waals surface area contributed by atoms with E-state index in [9.17, 15) is 9.59 Å². The number of aromatic nitrogens is 2. The van der Waals surface area contributed by atoms with Crippen molar-refractivity contribution < 1.29 is 14.3 Å². The summed E-state index contributed by atoms with van der Waals surface area (Å²) < 4.78 is 5.00. The van der Waals surface area contributed by atoms with Gasteiger partial charge in [-0.2, -0.15) is 0 Å². The molecule has 6 nitrogen and oxygen atoms in total. The molecule has 0 radical (unpaired) electrons. The molecule has 4 aromatic rings. The SMILES string of the molecule is O=C(COC(=O)c1ccncc1)Nc1nc(-c2ccc3ccccc3c2)cs1. The minimum absolute atomic E-state index is 0.343. The Balaban J connectivity index is 1.38. The van der Waals surface area contributed by atoms with Crippen molar-refractivity contribution in [2.45, 2.75) is 0 Å². The Labute approximate surface area is 164 Å². The molecule has 0 spiro atoms. The van der Waals surface area contributed by atoms with Gasteiger partial charge in [0.15, 0.2) is 11.7 Å². The summed E-state index contributed by atoms with van der Waals surface area (Å²) in [5.41, 5.74) is 2.09. The van der Waals surface area contributed by atoms with Gasteiger partial charge in [-0.25, -0.2) is 9.78 Å². The van der Waals surface area contributed by atoms with Crippen molar-refractivity contribution in [3.63, 3.8) is 0 Å². The van der Waals surface area contributed by atoms with Crippen LogP contribution in [-0.4, -0.2) is 28.5 Å². The van der Waals surface area contributed by atoms with Gasteiger partial charge in [0.25, 0.3) is 5.91 Å². The number of esters is 1. The fraction of sp³-hybridized carbons (Fsp3) is 0.0476. The van der Waals surface area contributed by atoms with Gasteiger partial charge in [0, 0.05) is 23.3 Å². The number of hydrogen-bond acceptors (Lipinski definition) is 6. The normalized spacial score (nSPS) is 10.6. The van der Waals surface area contributed by atoms with Crippen LogP contribution in [0, 0.1) is 0 Å². The second-order valence-electron chi connectivity index (χ2n) is 5.96. The van der Waals surface area contributed by atoms with Crippen LogP contribution in [0.1, 0.15) is 10.4 Å². The zero-order valence-electron chi connectivity index (χ0n) is 14.7. The summed E-state index contributed by atoms with van der Waals surface area (Å²) in [6.45, 7) is -0.383. The van der Waals surface area contributed by atoms with Crippen molar-refractivity contribution in [1.82, 2.24) is 9.97 Å². The largest absolute Gasteiger partial charge is 0.452 e. The van der Waals surface area contributed by atoms with E-state index in [4.69, 9.17) is 4.74 Å². The van der Waals surface area contributed by atoms with E-state index in [0.29, 0.717) is 10.7 Å². The number of pyridine rings is 1. The molecule has 0 aliphatic heterocycles. The number of rotatable bonds is 5. The highest BCUT2D eigenvalue weighted by molar-refractivity contribution is 7.14. The molecular formula is C21H15N3O3S. The van der Waals surface area contributed by atoms with Crippen molar-refractivity contribution in [3.05, 3.63) is 77.9 Å². The number of fused-ring (bicyclic) bond motifs is 1. The van der Waals surface area contributed by atoms with Crippen LogP contribution < -0.4 is 5.32 Å². The lowest BCUT2D eigenvalue weighted by molar-refractivity contribution is -0.119. The van der Waals surface area contributed by atoms with Crippen LogP contribution >= 0.6 is 11.3 Å². The average Bonchev–Trinajstić information content (AvgIpc) is 3.20. The van der Waals surface area contributed by atoms with E-state index in [1.54, 1.807) is 0 Å². The van der Waals surface area contributed by atoms with E-state index in [2.05, 4.69) is 27.4 Å². The van der Waals surface area contributed by atoms with Crippen molar-refractivity contribution in [3.8, 4) is 11.3 Å².